The van der Waals surface area contributed by atoms with Crippen molar-refractivity contribution in [2.75, 3.05) is 13.2 Å². The topological polar surface area (TPSA) is 78.9 Å². The SMILES string of the molecule is CCOC(=O)Cl.CCOC(=O)Sc1cc(C)oc1C.Cc1cc(S)c(C)o1. The third-order valence-corrected chi connectivity index (χ3v) is 4.19. The molecule has 0 saturated heterocycles. The molecule has 0 N–H and O–H groups in total. The molecule has 2 heterocycles. The van der Waals surface area contributed by atoms with E-state index in [4.69, 9.17) is 25.2 Å². The van der Waals surface area contributed by atoms with E-state index in [0.717, 1.165) is 44.6 Å². The summed E-state index contributed by atoms with van der Waals surface area (Å²) in [5, 5.41) is -0.286. The summed E-state index contributed by atoms with van der Waals surface area (Å²) in [4.78, 5) is 22.4. The molecule has 0 spiro atoms. The van der Waals surface area contributed by atoms with Gasteiger partial charge in [-0.05, 0) is 65.4 Å². The Morgan fingerprint density at radius 2 is 1.52 bits per heavy atom. The zero-order chi connectivity index (χ0) is 21.0. The number of aryl methyl sites for hydroxylation is 4. The molecule has 2 aromatic rings. The lowest BCUT2D eigenvalue weighted by Gasteiger charge is -1.98. The van der Waals surface area contributed by atoms with Crippen LogP contribution in [-0.2, 0) is 9.47 Å². The van der Waals surface area contributed by atoms with Gasteiger partial charge >= 0.3 is 10.7 Å². The average Bonchev–Trinajstić information content (AvgIpc) is 3.00. The van der Waals surface area contributed by atoms with Crippen molar-refractivity contribution in [1.82, 2.24) is 0 Å². The van der Waals surface area contributed by atoms with Gasteiger partial charge in [-0.2, -0.15) is 0 Å². The molecule has 6 nitrogen and oxygen atoms in total. The lowest BCUT2D eigenvalue weighted by Crippen LogP contribution is -1.95. The second-order valence-corrected chi connectivity index (χ2v) is 6.80. The summed E-state index contributed by atoms with van der Waals surface area (Å²) in [6, 6.07) is 3.73. The molecular weight excluding hydrogens is 412 g/mol. The average molecular weight is 437 g/mol. The molecule has 0 fully saturated rings. The molecule has 0 amide bonds. The van der Waals surface area contributed by atoms with Gasteiger partial charge in [-0.3, -0.25) is 0 Å². The molecule has 2 aromatic heterocycles. The number of furan rings is 2. The predicted octanol–water partition coefficient (Wildman–Crippen LogP) is 6.71. The van der Waals surface area contributed by atoms with E-state index in [0.29, 0.717) is 13.2 Å². The largest absolute Gasteiger partial charge is 0.465 e. The Labute approximate surface area is 174 Å². The highest BCUT2D eigenvalue weighted by atomic mass is 35.5. The van der Waals surface area contributed by atoms with Gasteiger partial charge in [0.25, 0.3) is 0 Å². The van der Waals surface area contributed by atoms with Crippen LogP contribution in [0.1, 0.15) is 36.9 Å². The quantitative estimate of drug-likeness (QED) is 0.248. The van der Waals surface area contributed by atoms with Crippen molar-refractivity contribution in [3.8, 4) is 0 Å². The molecule has 9 heteroatoms. The number of ether oxygens (including phenoxy) is 2. The first kappa shape index (κ1) is 25.5. The third kappa shape index (κ3) is 11.7. The Bertz CT molecular complexity index is 704. The maximum atomic E-state index is 11.1. The van der Waals surface area contributed by atoms with E-state index >= 15 is 0 Å². The number of hydrogen-bond donors (Lipinski definition) is 1. The Balaban J connectivity index is 0.000000413. The van der Waals surface area contributed by atoms with Crippen molar-refractivity contribution in [2.24, 2.45) is 0 Å². The maximum Gasteiger partial charge on any atom is 0.403 e. The predicted molar refractivity (Wildman–Crippen MR) is 109 cm³/mol. The van der Waals surface area contributed by atoms with Crippen LogP contribution in [0.25, 0.3) is 0 Å². The van der Waals surface area contributed by atoms with Crippen LogP contribution in [0.4, 0.5) is 9.59 Å². The molecule has 0 aliphatic heterocycles. The van der Waals surface area contributed by atoms with E-state index in [2.05, 4.69) is 17.4 Å². The van der Waals surface area contributed by atoms with Crippen molar-refractivity contribution in [3.63, 3.8) is 0 Å². The van der Waals surface area contributed by atoms with E-state index in [1.54, 1.807) is 13.8 Å². The lowest BCUT2D eigenvalue weighted by molar-refractivity contribution is 0.179. The second kappa shape index (κ2) is 13.6. The molecule has 0 aliphatic carbocycles. The first-order valence-corrected chi connectivity index (χ1v) is 9.74. The van der Waals surface area contributed by atoms with Gasteiger partial charge in [0, 0.05) is 16.5 Å². The van der Waals surface area contributed by atoms with E-state index in [9.17, 15) is 9.59 Å². The van der Waals surface area contributed by atoms with E-state index in [-0.39, 0.29) is 5.30 Å². The van der Waals surface area contributed by atoms with Gasteiger partial charge in [0.15, 0.2) is 0 Å². The highest BCUT2D eigenvalue weighted by molar-refractivity contribution is 8.13. The highest BCUT2D eigenvalue weighted by Gasteiger charge is 2.11. The van der Waals surface area contributed by atoms with Crippen molar-refractivity contribution >= 4 is 46.7 Å². The molecular formula is C18H25ClO6S2. The standard InChI is InChI=1S/C9H12O3S.C6H8OS.C3H5ClO2/c1-4-11-9(10)13-8-5-6(2)12-7(8)3;1-4-3-6(8)5(2)7-4;1-2-6-3(4)5/h5H,4H2,1-3H3;3,8H,1-2H3;2H2,1H3. The Hall–Kier alpha value is -1.51. The van der Waals surface area contributed by atoms with Crippen LogP contribution in [0.15, 0.2) is 30.8 Å². The number of carbonyl (C=O) groups is 2. The minimum atomic E-state index is -0.738. The van der Waals surface area contributed by atoms with Crippen molar-refractivity contribution in [3.05, 3.63) is 35.2 Å². The zero-order valence-electron chi connectivity index (χ0n) is 16.3. The Morgan fingerprint density at radius 3 is 1.78 bits per heavy atom. The van der Waals surface area contributed by atoms with Crippen molar-refractivity contribution < 1.29 is 27.9 Å². The van der Waals surface area contributed by atoms with Gasteiger partial charge < -0.3 is 18.3 Å². The summed E-state index contributed by atoms with van der Waals surface area (Å²) in [5.74, 6) is 3.39. The van der Waals surface area contributed by atoms with Crippen LogP contribution in [0.5, 0.6) is 0 Å². The van der Waals surface area contributed by atoms with E-state index in [1.165, 1.54) is 0 Å². The lowest BCUT2D eigenvalue weighted by atomic mass is 10.4. The number of thioether (sulfide) groups is 1. The van der Waals surface area contributed by atoms with Crippen LogP contribution >= 0.6 is 36.0 Å². The summed E-state index contributed by atoms with van der Waals surface area (Å²) in [5.41, 5.74) is -0.738. The normalized spacial score (nSPS) is 9.48. The Kier molecular flexibility index (Phi) is 12.9. The summed E-state index contributed by atoms with van der Waals surface area (Å²) in [6.07, 6.45) is 0. The maximum absolute atomic E-state index is 11.1. The fraction of sp³-hybridized carbons (Fsp3) is 0.444. The molecule has 0 radical (unpaired) electrons. The van der Waals surface area contributed by atoms with E-state index < -0.39 is 5.43 Å². The first-order valence-electron chi connectivity index (χ1n) is 8.10. The number of carbonyl (C=O) groups excluding carboxylic acids is 2. The van der Waals surface area contributed by atoms with Gasteiger partial charge in [0.1, 0.15) is 23.0 Å². The second-order valence-electron chi connectivity index (χ2n) is 5.03. The number of rotatable bonds is 3. The third-order valence-electron chi connectivity index (χ3n) is 2.72. The van der Waals surface area contributed by atoms with Crippen LogP contribution < -0.4 is 0 Å². The molecule has 0 saturated carbocycles. The molecule has 152 valence electrons. The zero-order valence-corrected chi connectivity index (χ0v) is 18.7. The molecule has 0 bridgehead atoms. The summed E-state index contributed by atoms with van der Waals surface area (Å²) in [7, 11) is 0. The summed E-state index contributed by atoms with van der Waals surface area (Å²) < 4.78 is 19.4. The molecule has 0 aromatic carbocycles. The van der Waals surface area contributed by atoms with Crippen LogP contribution in [0.3, 0.4) is 0 Å². The van der Waals surface area contributed by atoms with Crippen LogP contribution in [0, 0.1) is 27.7 Å². The number of hydrogen-bond acceptors (Lipinski definition) is 8. The van der Waals surface area contributed by atoms with Gasteiger partial charge in [0.05, 0.1) is 18.1 Å². The minimum absolute atomic E-state index is 0.286. The van der Waals surface area contributed by atoms with Crippen LogP contribution in [-0.4, -0.2) is 23.9 Å². The van der Waals surface area contributed by atoms with Gasteiger partial charge in [-0.15, -0.1) is 12.6 Å². The molecule has 2 rings (SSSR count). The first-order chi connectivity index (χ1) is 12.6. The minimum Gasteiger partial charge on any atom is -0.465 e. The fourth-order valence-corrected chi connectivity index (χ4v) is 2.78. The molecule has 0 aliphatic rings. The van der Waals surface area contributed by atoms with Crippen molar-refractivity contribution in [2.45, 2.75) is 51.3 Å². The Morgan fingerprint density at radius 1 is 1.00 bits per heavy atom. The monoisotopic (exact) mass is 436 g/mol. The number of halogens is 1. The van der Waals surface area contributed by atoms with Crippen molar-refractivity contribution in [1.29, 1.82) is 0 Å². The number of thiol groups is 1. The van der Waals surface area contributed by atoms with Gasteiger partial charge in [-0.1, -0.05) is 0 Å². The summed E-state index contributed by atoms with van der Waals surface area (Å²) >= 11 is 9.90. The van der Waals surface area contributed by atoms with Gasteiger partial charge in [-0.25, -0.2) is 9.59 Å². The van der Waals surface area contributed by atoms with E-state index in [1.807, 2.05) is 39.8 Å². The smallest absolute Gasteiger partial charge is 0.403 e. The molecule has 0 unspecified atom stereocenters. The van der Waals surface area contributed by atoms with Crippen LogP contribution in [0.2, 0.25) is 0 Å². The summed E-state index contributed by atoms with van der Waals surface area (Å²) in [6.45, 7) is 11.7. The molecule has 0 atom stereocenters. The van der Waals surface area contributed by atoms with Gasteiger partial charge in [0.2, 0.25) is 0 Å². The highest BCUT2D eigenvalue weighted by Crippen LogP contribution is 2.26. The molecule has 27 heavy (non-hydrogen) atoms. The fourth-order valence-electron chi connectivity index (χ4n) is 1.68.